The van der Waals surface area contributed by atoms with Crippen molar-refractivity contribution in [2.75, 3.05) is 6.54 Å². The van der Waals surface area contributed by atoms with E-state index in [9.17, 15) is 4.79 Å². The maximum absolute atomic E-state index is 13.1. The Morgan fingerprint density at radius 2 is 1.77 bits per heavy atom. The Morgan fingerprint density at radius 1 is 1.03 bits per heavy atom. The molecule has 180 valence electrons. The van der Waals surface area contributed by atoms with Gasteiger partial charge in [-0.25, -0.2) is 14.6 Å². The Labute approximate surface area is 214 Å². The van der Waals surface area contributed by atoms with E-state index < -0.39 is 0 Å². The second kappa shape index (κ2) is 11.5. The molecule has 2 aromatic carbocycles. The van der Waals surface area contributed by atoms with Crippen molar-refractivity contribution < 1.29 is 4.79 Å². The highest BCUT2D eigenvalue weighted by atomic mass is 35.5. The molecule has 0 aliphatic carbocycles. The number of hydrogen-bond acceptors (Lipinski definition) is 6. The highest BCUT2D eigenvalue weighted by Crippen LogP contribution is 2.25. The van der Waals surface area contributed by atoms with Crippen molar-refractivity contribution in [2.24, 2.45) is 0 Å². The van der Waals surface area contributed by atoms with Gasteiger partial charge in [-0.05, 0) is 62.9 Å². The molecule has 0 radical (unpaired) electrons. The van der Waals surface area contributed by atoms with Crippen molar-refractivity contribution in [2.45, 2.75) is 44.5 Å². The summed E-state index contributed by atoms with van der Waals surface area (Å²) in [5.74, 6) is 0.174. The first kappa shape index (κ1) is 24.9. The number of hydrogen-bond donors (Lipinski definition) is 1. The third-order valence-electron chi connectivity index (χ3n) is 5.45. The van der Waals surface area contributed by atoms with E-state index in [0.29, 0.717) is 33.9 Å². The summed E-state index contributed by atoms with van der Waals surface area (Å²) in [6.07, 6.45) is 1.72. The molecule has 1 amide bonds. The average molecular weight is 507 g/mol. The van der Waals surface area contributed by atoms with Crippen molar-refractivity contribution in [3.05, 3.63) is 93.5 Å². The van der Waals surface area contributed by atoms with Crippen molar-refractivity contribution in [1.29, 1.82) is 0 Å². The Morgan fingerprint density at radius 3 is 2.49 bits per heavy atom. The molecule has 0 aliphatic heterocycles. The molecule has 9 heteroatoms. The second-order valence-corrected chi connectivity index (χ2v) is 9.65. The van der Waals surface area contributed by atoms with Gasteiger partial charge in [-0.3, -0.25) is 4.79 Å². The van der Waals surface area contributed by atoms with Gasteiger partial charge in [0.15, 0.2) is 10.9 Å². The van der Waals surface area contributed by atoms with Crippen LogP contribution in [-0.2, 0) is 12.2 Å². The minimum absolute atomic E-state index is 0.250. The standard InChI is InChI=1S/C26H27ClN6OS/c1-17-11-12-21(15-22(17)27)33-23(16-35-26-29-18(2)14-19(3)30-26)24(31-32-33)25(34)28-13-7-10-20-8-5-4-6-9-20/h4-6,8-9,11-12,14-15H,7,10,13,16H2,1-3H3,(H,28,34). The predicted octanol–water partition coefficient (Wildman–Crippen LogP) is 5.29. The number of rotatable bonds is 9. The number of carbonyl (C=O) groups excluding carboxylic acids is 1. The molecule has 0 saturated carbocycles. The van der Waals surface area contributed by atoms with Gasteiger partial charge in [-0.2, -0.15) is 0 Å². The molecule has 1 N–H and O–H groups in total. The smallest absolute Gasteiger partial charge is 0.273 e. The Bertz CT molecular complexity index is 1300. The molecule has 4 aromatic rings. The number of amides is 1. The molecule has 2 heterocycles. The quantitative estimate of drug-likeness (QED) is 0.188. The summed E-state index contributed by atoms with van der Waals surface area (Å²) in [5, 5.41) is 12.8. The molecule has 4 rings (SSSR count). The molecule has 0 spiro atoms. The first-order chi connectivity index (χ1) is 16.9. The van der Waals surface area contributed by atoms with Gasteiger partial charge in [0.1, 0.15) is 0 Å². The number of nitrogens with one attached hydrogen (secondary N) is 1. The molecule has 2 aromatic heterocycles. The summed E-state index contributed by atoms with van der Waals surface area (Å²) >= 11 is 7.81. The largest absolute Gasteiger partial charge is 0.351 e. The van der Waals surface area contributed by atoms with Gasteiger partial charge in [-0.15, -0.1) is 5.10 Å². The van der Waals surface area contributed by atoms with Gasteiger partial charge >= 0.3 is 0 Å². The molecule has 0 unspecified atom stereocenters. The van der Waals surface area contributed by atoms with Crippen LogP contribution >= 0.6 is 23.4 Å². The maximum atomic E-state index is 13.1. The van der Waals surface area contributed by atoms with E-state index in [4.69, 9.17) is 11.6 Å². The molecular weight excluding hydrogens is 480 g/mol. The lowest BCUT2D eigenvalue weighted by molar-refractivity contribution is 0.0947. The van der Waals surface area contributed by atoms with Crippen LogP contribution in [0.2, 0.25) is 5.02 Å². The fraction of sp³-hybridized carbons (Fsp3) is 0.269. The van der Waals surface area contributed by atoms with Gasteiger partial charge < -0.3 is 5.32 Å². The molecular formula is C26H27ClN6OS. The number of halogens is 1. The summed E-state index contributed by atoms with van der Waals surface area (Å²) in [7, 11) is 0. The van der Waals surface area contributed by atoms with E-state index in [2.05, 4.69) is 37.7 Å². The minimum Gasteiger partial charge on any atom is -0.351 e. The summed E-state index contributed by atoms with van der Waals surface area (Å²) in [6, 6.07) is 17.8. The van der Waals surface area contributed by atoms with Crippen molar-refractivity contribution in [3.8, 4) is 5.69 Å². The molecule has 0 bridgehead atoms. The van der Waals surface area contributed by atoms with Gasteiger partial charge in [0.25, 0.3) is 5.91 Å². The zero-order valence-electron chi connectivity index (χ0n) is 20.0. The molecule has 0 atom stereocenters. The normalized spacial score (nSPS) is 11.0. The number of aryl methyl sites for hydroxylation is 4. The third kappa shape index (κ3) is 6.46. The number of carbonyl (C=O) groups is 1. The second-order valence-electron chi connectivity index (χ2n) is 8.30. The highest BCUT2D eigenvalue weighted by Gasteiger charge is 2.21. The van der Waals surface area contributed by atoms with E-state index in [1.54, 1.807) is 4.68 Å². The van der Waals surface area contributed by atoms with Crippen molar-refractivity contribution in [1.82, 2.24) is 30.3 Å². The van der Waals surface area contributed by atoms with Crippen LogP contribution in [0, 0.1) is 20.8 Å². The molecule has 0 saturated heterocycles. The summed E-state index contributed by atoms with van der Waals surface area (Å²) in [4.78, 5) is 22.1. The van der Waals surface area contributed by atoms with E-state index in [-0.39, 0.29) is 5.91 Å². The molecule has 35 heavy (non-hydrogen) atoms. The fourth-order valence-electron chi connectivity index (χ4n) is 3.64. The van der Waals surface area contributed by atoms with Gasteiger partial charge in [0, 0.05) is 28.7 Å². The van der Waals surface area contributed by atoms with Crippen LogP contribution in [0.25, 0.3) is 5.69 Å². The van der Waals surface area contributed by atoms with Crippen molar-refractivity contribution in [3.63, 3.8) is 0 Å². The molecule has 7 nitrogen and oxygen atoms in total. The molecule has 0 fully saturated rings. The van der Waals surface area contributed by atoms with Gasteiger partial charge in [0.2, 0.25) is 0 Å². The third-order valence-corrected chi connectivity index (χ3v) is 6.71. The van der Waals surface area contributed by atoms with Gasteiger partial charge in [0.05, 0.1) is 11.4 Å². The van der Waals surface area contributed by atoms with E-state index in [1.807, 2.05) is 63.2 Å². The van der Waals surface area contributed by atoms with Crippen LogP contribution in [-0.4, -0.2) is 37.4 Å². The van der Waals surface area contributed by atoms with E-state index in [0.717, 1.165) is 35.5 Å². The Balaban J connectivity index is 1.53. The van der Waals surface area contributed by atoms with Gasteiger partial charge in [-0.1, -0.05) is 65.0 Å². The lowest BCUT2D eigenvalue weighted by Crippen LogP contribution is -2.26. The lowest BCUT2D eigenvalue weighted by atomic mass is 10.1. The number of benzene rings is 2. The van der Waals surface area contributed by atoms with E-state index >= 15 is 0 Å². The monoisotopic (exact) mass is 506 g/mol. The first-order valence-electron chi connectivity index (χ1n) is 11.4. The minimum atomic E-state index is -0.250. The van der Waals surface area contributed by atoms with Crippen molar-refractivity contribution >= 4 is 29.3 Å². The lowest BCUT2D eigenvalue weighted by Gasteiger charge is -2.10. The van der Waals surface area contributed by atoms with Crippen LogP contribution in [0.5, 0.6) is 0 Å². The average Bonchev–Trinajstić information content (AvgIpc) is 3.26. The van der Waals surface area contributed by atoms with Crippen LogP contribution in [0.3, 0.4) is 0 Å². The van der Waals surface area contributed by atoms with Crippen LogP contribution in [0.15, 0.2) is 59.8 Å². The molecule has 0 aliphatic rings. The van der Waals surface area contributed by atoms with Crippen LogP contribution in [0.4, 0.5) is 0 Å². The van der Waals surface area contributed by atoms with Crippen LogP contribution in [0.1, 0.15) is 45.1 Å². The zero-order chi connectivity index (χ0) is 24.8. The summed E-state index contributed by atoms with van der Waals surface area (Å²) in [6.45, 7) is 6.36. The Kier molecular flexibility index (Phi) is 8.15. The maximum Gasteiger partial charge on any atom is 0.273 e. The van der Waals surface area contributed by atoms with Crippen LogP contribution < -0.4 is 5.32 Å². The van der Waals surface area contributed by atoms with E-state index in [1.165, 1.54) is 17.3 Å². The topological polar surface area (TPSA) is 85.6 Å². The number of nitrogens with zero attached hydrogens (tertiary/aromatic N) is 5. The first-order valence-corrected chi connectivity index (χ1v) is 12.8. The summed E-state index contributed by atoms with van der Waals surface area (Å²) < 4.78 is 1.67. The Hall–Kier alpha value is -3.23. The highest BCUT2D eigenvalue weighted by molar-refractivity contribution is 7.98. The zero-order valence-corrected chi connectivity index (χ0v) is 21.5. The predicted molar refractivity (Wildman–Crippen MR) is 139 cm³/mol. The fourth-order valence-corrected chi connectivity index (χ4v) is 4.76. The SMILES string of the molecule is Cc1cc(C)nc(SCc2c(C(=O)NCCCc3ccccc3)nnn2-c2ccc(C)c(Cl)c2)n1. The summed E-state index contributed by atoms with van der Waals surface area (Å²) in [5.41, 5.74) is 5.70. The number of thioether (sulfide) groups is 1. The number of aromatic nitrogens is 5.